The van der Waals surface area contributed by atoms with E-state index in [1.807, 2.05) is 42.3 Å². The first-order valence-corrected chi connectivity index (χ1v) is 8.38. The van der Waals surface area contributed by atoms with Crippen LogP contribution in [0.1, 0.15) is 12.8 Å². The molecule has 3 rings (SSSR count). The summed E-state index contributed by atoms with van der Waals surface area (Å²) in [6, 6.07) is 10.6. The Balaban J connectivity index is 1.85. The van der Waals surface area contributed by atoms with Crippen molar-refractivity contribution in [3.8, 4) is 0 Å². The molecule has 6 heteroatoms. The lowest BCUT2D eigenvalue weighted by Crippen LogP contribution is -2.42. The molecule has 1 aromatic heterocycles. The fourth-order valence-corrected chi connectivity index (χ4v) is 3.25. The molecule has 2 N–H and O–H groups in total. The van der Waals surface area contributed by atoms with E-state index >= 15 is 0 Å². The van der Waals surface area contributed by atoms with Gasteiger partial charge in [-0.2, -0.15) is 0 Å². The number of likely N-dealkylation sites (tertiary alicyclic amines) is 1. The van der Waals surface area contributed by atoms with Crippen LogP contribution in [0.4, 0.5) is 23.0 Å². The summed E-state index contributed by atoms with van der Waals surface area (Å²) in [7, 11) is 6.23. The Morgan fingerprint density at radius 3 is 2.33 bits per heavy atom. The molecule has 0 bridgehead atoms. The molecule has 1 aromatic carbocycles. The van der Waals surface area contributed by atoms with Crippen molar-refractivity contribution in [1.82, 2.24) is 14.9 Å². The van der Waals surface area contributed by atoms with Gasteiger partial charge in [-0.05, 0) is 45.1 Å². The summed E-state index contributed by atoms with van der Waals surface area (Å²) in [6.07, 6.45) is 3.85. The predicted octanol–water partition coefficient (Wildman–Crippen LogP) is 2.36. The second kappa shape index (κ2) is 7.05. The van der Waals surface area contributed by atoms with Crippen LogP contribution in [0.25, 0.3) is 0 Å². The largest absolute Gasteiger partial charge is 0.393 e. The summed E-state index contributed by atoms with van der Waals surface area (Å²) >= 11 is 0. The first-order valence-electron chi connectivity index (χ1n) is 8.38. The van der Waals surface area contributed by atoms with Crippen LogP contribution in [-0.2, 0) is 0 Å². The van der Waals surface area contributed by atoms with Gasteiger partial charge in [-0.25, -0.2) is 9.97 Å². The van der Waals surface area contributed by atoms with Crippen molar-refractivity contribution in [1.29, 1.82) is 0 Å². The zero-order valence-corrected chi connectivity index (χ0v) is 14.7. The van der Waals surface area contributed by atoms with Gasteiger partial charge in [0.25, 0.3) is 0 Å². The zero-order valence-electron chi connectivity index (χ0n) is 14.7. The van der Waals surface area contributed by atoms with Crippen molar-refractivity contribution < 1.29 is 0 Å². The molecule has 24 heavy (non-hydrogen) atoms. The fourth-order valence-electron chi connectivity index (χ4n) is 3.25. The molecule has 1 saturated heterocycles. The van der Waals surface area contributed by atoms with Crippen LogP contribution in [0.3, 0.4) is 0 Å². The standard InChI is InChI=1S/C18H26N6/c1-22-11-9-15(10-12-22)24(3)18-16(19)17(20-13-21-18)23(2)14-7-5-4-6-8-14/h4-8,13,15H,9-12,19H2,1-3H3. The number of aromatic nitrogens is 2. The third kappa shape index (κ3) is 3.28. The van der Waals surface area contributed by atoms with Gasteiger partial charge in [0, 0.05) is 25.8 Å². The number of hydrogen-bond donors (Lipinski definition) is 1. The summed E-state index contributed by atoms with van der Waals surface area (Å²) in [5, 5.41) is 0. The van der Waals surface area contributed by atoms with Crippen molar-refractivity contribution in [2.45, 2.75) is 18.9 Å². The van der Waals surface area contributed by atoms with E-state index in [9.17, 15) is 0 Å². The Labute approximate surface area is 143 Å². The minimum atomic E-state index is 0.466. The average Bonchev–Trinajstić information content (AvgIpc) is 2.62. The van der Waals surface area contributed by atoms with Gasteiger partial charge in [0.2, 0.25) is 0 Å². The van der Waals surface area contributed by atoms with Crippen LogP contribution in [-0.4, -0.2) is 55.1 Å². The van der Waals surface area contributed by atoms with Crippen LogP contribution < -0.4 is 15.5 Å². The monoisotopic (exact) mass is 326 g/mol. The first-order chi connectivity index (χ1) is 11.6. The van der Waals surface area contributed by atoms with Gasteiger partial charge in [-0.1, -0.05) is 18.2 Å². The van der Waals surface area contributed by atoms with Crippen LogP contribution in [0, 0.1) is 0 Å². The molecule has 1 aliphatic heterocycles. The van der Waals surface area contributed by atoms with Crippen molar-refractivity contribution in [2.75, 3.05) is 49.8 Å². The molecule has 0 saturated carbocycles. The lowest BCUT2D eigenvalue weighted by molar-refractivity contribution is 0.252. The molecule has 0 radical (unpaired) electrons. The van der Waals surface area contributed by atoms with Crippen LogP contribution in [0.2, 0.25) is 0 Å². The van der Waals surface area contributed by atoms with E-state index in [1.54, 1.807) is 6.33 Å². The second-order valence-electron chi connectivity index (χ2n) is 6.47. The van der Waals surface area contributed by atoms with Gasteiger partial charge >= 0.3 is 0 Å². The van der Waals surface area contributed by atoms with Gasteiger partial charge in [-0.3, -0.25) is 0 Å². The summed E-state index contributed by atoms with van der Waals surface area (Å²) in [6.45, 7) is 2.22. The van der Waals surface area contributed by atoms with Gasteiger partial charge in [0.05, 0.1) is 0 Å². The topological polar surface area (TPSA) is 61.5 Å². The maximum atomic E-state index is 6.44. The maximum Gasteiger partial charge on any atom is 0.161 e. The number of benzene rings is 1. The number of hydrogen-bond acceptors (Lipinski definition) is 6. The van der Waals surface area contributed by atoms with Crippen LogP contribution >= 0.6 is 0 Å². The van der Waals surface area contributed by atoms with Crippen LogP contribution in [0.15, 0.2) is 36.7 Å². The molecule has 1 fully saturated rings. The predicted molar refractivity (Wildman–Crippen MR) is 99.9 cm³/mol. The molecular formula is C18H26N6. The van der Waals surface area contributed by atoms with E-state index in [1.165, 1.54) is 0 Å². The van der Waals surface area contributed by atoms with Crippen molar-refractivity contribution in [3.63, 3.8) is 0 Å². The number of piperidine rings is 1. The number of nitrogen functional groups attached to an aromatic ring is 1. The molecule has 6 nitrogen and oxygen atoms in total. The van der Waals surface area contributed by atoms with E-state index in [0.29, 0.717) is 11.7 Å². The molecule has 0 unspecified atom stereocenters. The summed E-state index contributed by atoms with van der Waals surface area (Å²) < 4.78 is 0. The highest BCUT2D eigenvalue weighted by molar-refractivity contribution is 5.79. The van der Waals surface area contributed by atoms with E-state index in [4.69, 9.17) is 5.73 Å². The summed E-state index contributed by atoms with van der Waals surface area (Å²) in [5.41, 5.74) is 8.12. The smallest absolute Gasteiger partial charge is 0.161 e. The molecule has 128 valence electrons. The van der Waals surface area contributed by atoms with Gasteiger partial charge in [-0.15, -0.1) is 0 Å². The second-order valence-corrected chi connectivity index (χ2v) is 6.47. The maximum absolute atomic E-state index is 6.44. The van der Waals surface area contributed by atoms with E-state index in [-0.39, 0.29) is 0 Å². The molecule has 2 heterocycles. The SMILES string of the molecule is CN1CCC(N(C)c2ncnc(N(C)c3ccccc3)c2N)CC1. The number of para-hydroxylation sites is 1. The number of anilines is 4. The van der Waals surface area contributed by atoms with Crippen LogP contribution in [0.5, 0.6) is 0 Å². The molecule has 0 aliphatic carbocycles. The third-order valence-corrected chi connectivity index (χ3v) is 4.87. The lowest BCUT2D eigenvalue weighted by Gasteiger charge is -2.36. The molecular weight excluding hydrogens is 300 g/mol. The van der Waals surface area contributed by atoms with E-state index in [0.717, 1.165) is 43.3 Å². The summed E-state index contributed by atoms with van der Waals surface area (Å²) in [5.74, 6) is 1.56. The molecule has 0 spiro atoms. The van der Waals surface area contributed by atoms with Crippen molar-refractivity contribution in [2.24, 2.45) is 0 Å². The minimum absolute atomic E-state index is 0.466. The number of nitrogens with zero attached hydrogens (tertiary/aromatic N) is 5. The van der Waals surface area contributed by atoms with Gasteiger partial charge in [0.15, 0.2) is 11.6 Å². The molecule has 0 amide bonds. The van der Waals surface area contributed by atoms with E-state index in [2.05, 4.69) is 33.9 Å². The quantitative estimate of drug-likeness (QED) is 0.931. The lowest BCUT2D eigenvalue weighted by atomic mass is 10.0. The zero-order chi connectivity index (χ0) is 17.1. The van der Waals surface area contributed by atoms with Crippen molar-refractivity contribution in [3.05, 3.63) is 36.7 Å². The Morgan fingerprint density at radius 1 is 1.04 bits per heavy atom. The normalized spacial score (nSPS) is 16.1. The van der Waals surface area contributed by atoms with Crippen molar-refractivity contribution >= 4 is 23.0 Å². The number of rotatable bonds is 4. The van der Waals surface area contributed by atoms with E-state index < -0.39 is 0 Å². The minimum Gasteiger partial charge on any atom is -0.393 e. The van der Waals surface area contributed by atoms with Gasteiger partial charge < -0.3 is 20.4 Å². The Bertz CT molecular complexity index is 666. The Kier molecular flexibility index (Phi) is 4.85. The average molecular weight is 326 g/mol. The highest BCUT2D eigenvalue weighted by Gasteiger charge is 2.24. The molecule has 0 atom stereocenters. The fraction of sp³-hybridized carbons (Fsp3) is 0.444. The molecule has 2 aromatic rings. The highest BCUT2D eigenvalue weighted by Crippen LogP contribution is 2.33. The third-order valence-electron chi connectivity index (χ3n) is 4.87. The first kappa shape index (κ1) is 16.5. The molecule has 1 aliphatic rings. The Hall–Kier alpha value is -2.34. The Morgan fingerprint density at radius 2 is 1.67 bits per heavy atom. The highest BCUT2D eigenvalue weighted by atomic mass is 15.3. The number of nitrogens with two attached hydrogens (primary N) is 1. The summed E-state index contributed by atoms with van der Waals surface area (Å²) in [4.78, 5) is 15.4. The van der Waals surface area contributed by atoms with Gasteiger partial charge in [0.1, 0.15) is 12.0 Å².